The summed E-state index contributed by atoms with van der Waals surface area (Å²) in [6, 6.07) is 11.0. The highest BCUT2D eigenvalue weighted by Crippen LogP contribution is 2.24. The number of hydrogen-bond donors (Lipinski definition) is 2. The van der Waals surface area contributed by atoms with E-state index in [0.29, 0.717) is 23.2 Å². The third kappa shape index (κ3) is 4.27. The van der Waals surface area contributed by atoms with Crippen LogP contribution in [0, 0.1) is 0 Å². The number of aromatic nitrogens is 2. The van der Waals surface area contributed by atoms with Gasteiger partial charge < -0.3 is 19.4 Å². The molecule has 0 saturated heterocycles. The smallest absolute Gasteiger partial charge is 0.279 e. The zero-order chi connectivity index (χ0) is 18.5. The van der Waals surface area contributed by atoms with Gasteiger partial charge in [0.1, 0.15) is 5.75 Å². The third-order valence-corrected chi connectivity index (χ3v) is 4.93. The van der Waals surface area contributed by atoms with Crippen LogP contribution in [0.4, 0.5) is 5.69 Å². The molecule has 0 radical (unpaired) electrons. The molecule has 2 N–H and O–H groups in total. The highest BCUT2D eigenvalue weighted by atomic mass is 32.1. The molecule has 136 valence electrons. The number of nitrogens with zero attached hydrogens (tertiary/aromatic N) is 2. The number of quaternary nitrogens is 1. The fourth-order valence-electron chi connectivity index (χ4n) is 2.43. The van der Waals surface area contributed by atoms with Gasteiger partial charge in [0, 0.05) is 11.8 Å². The molecule has 1 amide bonds. The van der Waals surface area contributed by atoms with Gasteiger partial charge in [0.25, 0.3) is 17.7 Å². The Balaban J connectivity index is 1.60. The lowest BCUT2D eigenvalue weighted by atomic mass is 10.2. The summed E-state index contributed by atoms with van der Waals surface area (Å²) < 4.78 is 10.9. The van der Waals surface area contributed by atoms with E-state index in [4.69, 9.17) is 9.15 Å². The number of methoxy groups -OCH3 is 1. The Kier molecular flexibility index (Phi) is 5.65. The number of ether oxygens (including phenoxy) is 1. The molecule has 0 fully saturated rings. The second-order valence-electron chi connectivity index (χ2n) is 5.95. The number of carbonyl (C=O) groups excluding carboxylic acids is 1. The van der Waals surface area contributed by atoms with Crippen LogP contribution in [0.2, 0.25) is 0 Å². The lowest BCUT2D eigenvalue weighted by molar-refractivity contribution is -0.903. The first-order chi connectivity index (χ1) is 12.6. The number of benzene rings is 1. The van der Waals surface area contributed by atoms with E-state index in [1.54, 1.807) is 24.5 Å². The maximum absolute atomic E-state index is 12.3. The Labute approximate surface area is 155 Å². The van der Waals surface area contributed by atoms with Gasteiger partial charge in [0.05, 0.1) is 19.0 Å². The Hall–Kier alpha value is -2.71. The average Bonchev–Trinajstić information content (AvgIpc) is 3.32. The molecule has 0 aliphatic rings. The van der Waals surface area contributed by atoms with Gasteiger partial charge in [0.2, 0.25) is 0 Å². The largest absolute Gasteiger partial charge is 0.497 e. The molecule has 3 aromatic rings. The van der Waals surface area contributed by atoms with E-state index in [0.717, 1.165) is 9.78 Å². The summed E-state index contributed by atoms with van der Waals surface area (Å²) in [5.41, 5.74) is 0.701. The van der Waals surface area contributed by atoms with Gasteiger partial charge in [-0.1, -0.05) is 12.1 Å². The summed E-state index contributed by atoms with van der Waals surface area (Å²) in [4.78, 5) is 14.2. The van der Waals surface area contributed by atoms with E-state index in [1.165, 1.54) is 0 Å². The molecule has 2 heterocycles. The fraction of sp³-hybridized carbons (Fsp3) is 0.278. The highest BCUT2D eigenvalue weighted by molar-refractivity contribution is 7.13. The maximum atomic E-state index is 12.3. The van der Waals surface area contributed by atoms with Gasteiger partial charge in [-0.15, -0.1) is 21.5 Å². The molecule has 1 unspecified atom stereocenters. The molecule has 7 nitrogen and oxygen atoms in total. The van der Waals surface area contributed by atoms with Gasteiger partial charge in [-0.25, -0.2) is 0 Å². The van der Waals surface area contributed by atoms with Crippen LogP contribution in [0.15, 0.2) is 46.2 Å². The Bertz CT molecular complexity index is 863. The first kappa shape index (κ1) is 18.1. The highest BCUT2D eigenvalue weighted by Gasteiger charge is 2.24. The molecule has 0 spiro atoms. The summed E-state index contributed by atoms with van der Waals surface area (Å²) in [6.07, 6.45) is 0. The number of nitrogens with one attached hydrogen (secondary N) is 2. The van der Waals surface area contributed by atoms with Crippen LogP contribution >= 0.6 is 11.3 Å². The monoisotopic (exact) mass is 373 g/mol. The lowest BCUT2D eigenvalue weighted by Gasteiger charge is -2.18. The molecular weight excluding hydrogens is 352 g/mol. The molecule has 26 heavy (non-hydrogen) atoms. The predicted octanol–water partition coefficient (Wildman–Crippen LogP) is 2.02. The SMILES string of the molecule is COc1cccc(NC(=O)C[NH+](C)[C@H](C)c2nnc(-c3cccs3)o2)c1. The zero-order valence-corrected chi connectivity index (χ0v) is 15.7. The van der Waals surface area contributed by atoms with E-state index in [9.17, 15) is 4.79 Å². The lowest BCUT2D eigenvalue weighted by Crippen LogP contribution is -3.10. The molecule has 1 aromatic carbocycles. The Morgan fingerprint density at radius 2 is 2.19 bits per heavy atom. The van der Waals surface area contributed by atoms with Crippen LogP contribution in [0.5, 0.6) is 5.75 Å². The van der Waals surface area contributed by atoms with Gasteiger partial charge in [0.15, 0.2) is 12.6 Å². The number of likely N-dealkylation sites (N-methyl/N-ethyl adjacent to an activating group) is 1. The minimum absolute atomic E-state index is 0.0967. The topological polar surface area (TPSA) is 81.7 Å². The van der Waals surface area contributed by atoms with Gasteiger partial charge in [-0.3, -0.25) is 4.79 Å². The second kappa shape index (κ2) is 8.11. The quantitative estimate of drug-likeness (QED) is 0.662. The van der Waals surface area contributed by atoms with Crippen molar-refractivity contribution in [1.82, 2.24) is 10.2 Å². The van der Waals surface area contributed by atoms with Crippen LogP contribution in [0.25, 0.3) is 10.8 Å². The van der Waals surface area contributed by atoms with Crippen molar-refractivity contribution in [2.24, 2.45) is 0 Å². The van der Waals surface area contributed by atoms with Gasteiger partial charge >= 0.3 is 0 Å². The maximum Gasteiger partial charge on any atom is 0.279 e. The van der Waals surface area contributed by atoms with Crippen molar-refractivity contribution in [3.63, 3.8) is 0 Å². The van der Waals surface area contributed by atoms with Crippen LogP contribution in [-0.2, 0) is 4.79 Å². The van der Waals surface area contributed by atoms with E-state index >= 15 is 0 Å². The molecular formula is C18H21N4O3S+. The minimum atomic E-state index is -0.104. The van der Waals surface area contributed by atoms with Crippen LogP contribution < -0.4 is 15.0 Å². The molecule has 0 saturated carbocycles. The fourth-order valence-corrected chi connectivity index (χ4v) is 3.08. The van der Waals surface area contributed by atoms with Crippen LogP contribution in [0.1, 0.15) is 18.9 Å². The van der Waals surface area contributed by atoms with Crippen molar-refractivity contribution in [2.45, 2.75) is 13.0 Å². The van der Waals surface area contributed by atoms with E-state index < -0.39 is 0 Å². The molecule has 0 aliphatic carbocycles. The van der Waals surface area contributed by atoms with Crippen molar-refractivity contribution in [3.8, 4) is 16.5 Å². The van der Waals surface area contributed by atoms with Gasteiger partial charge in [-0.05, 0) is 30.5 Å². The number of thiophene rings is 1. The third-order valence-electron chi connectivity index (χ3n) is 4.08. The molecule has 2 atom stereocenters. The first-order valence-electron chi connectivity index (χ1n) is 8.20. The minimum Gasteiger partial charge on any atom is -0.497 e. The van der Waals surface area contributed by atoms with Crippen molar-refractivity contribution in [1.29, 1.82) is 0 Å². The predicted molar refractivity (Wildman–Crippen MR) is 99.4 cm³/mol. The van der Waals surface area contributed by atoms with Gasteiger partial charge in [-0.2, -0.15) is 0 Å². The summed E-state index contributed by atoms with van der Waals surface area (Å²) >= 11 is 1.55. The standard InChI is InChI=1S/C18H20N4O3S/c1-12(17-20-21-18(25-17)15-8-5-9-26-15)22(2)11-16(23)19-13-6-4-7-14(10-13)24-3/h4-10,12H,11H2,1-3H3,(H,19,23)/p+1/t12-/m1/s1. The van der Waals surface area contributed by atoms with E-state index in [1.807, 2.05) is 49.7 Å². The average molecular weight is 373 g/mol. The number of amides is 1. The van der Waals surface area contributed by atoms with E-state index in [2.05, 4.69) is 15.5 Å². The van der Waals surface area contributed by atoms with Crippen molar-refractivity contribution in [2.75, 3.05) is 26.0 Å². The molecule has 0 bridgehead atoms. The summed E-state index contributed by atoms with van der Waals surface area (Å²) in [7, 11) is 3.51. The molecule has 2 aromatic heterocycles. The first-order valence-corrected chi connectivity index (χ1v) is 9.08. The number of rotatable bonds is 7. The number of anilines is 1. The normalized spacial score (nSPS) is 13.2. The summed E-state index contributed by atoms with van der Waals surface area (Å²) in [5, 5.41) is 13.1. The Morgan fingerprint density at radius 3 is 2.92 bits per heavy atom. The van der Waals surface area contributed by atoms with Crippen LogP contribution in [0.3, 0.4) is 0 Å². The van der Waals surface area contributed by atoms with Crippen LogP contribution in [-0.4, -0.2) is 36.8 Å². The Morgan fingerprint density at radius 1 is 1.35 bits per heavy atom. The molecule has 3 rings (SSSR count). The second-order valence-corrected chi connectivity index (χ2v) is 6.90. The van der Waals surface area contributed by atoms with Crippen molar-refractivity contribution >= 4 is 22.9 Å². The molecule has 0 aliphatic heterocycles. The molecule has 8 heteroatoms. The summed E-state index contributed by atoms with van der Waals surface area (Å²) in [6.45, 7) is 2.23. The van der Waals surface area contributed by atoms with Crippen molar-refractivity contribution < 1.29 is 18.8 Å². The number of hydrogen-bond acceptors (Lipinski definition) is 6. The van der Waals surface area contributed by atoms with Crippen molar-refractivity contribution in [3.05, 3.63) is 47.7 Å². The number of carbonyl (C=O) groups is 1. The zero-order valence-electron chi connectivity index (χ0n) is 14.9. The van der Waals surface area contributed by atoms with E-state index in [-0.39, 0.29) is 18.5 Å². The summed E-state index contributed by atoms with van der Waals surface area (Å²) in [5.74, 6) is 1.62.